The Hall–Kier alpha value is -0.470. The molecule has 192 valence electrons. The average Bonchev–Trinajstić information content (AvgIpc) is 3.63. The van der Waals surface area contributed by atoms with Gasteiger partial charge in [0.1, 0.15) is 0 Å². The first kappa shape index (κ1) is 27.6. The molecule has 3 unspecified atom stereocenters. The van der Waals surface area contributed by atoms with Crippen molar-refractivity contribution in [3.63, 3.8) is 0 Å². The zero-order valence-electron chi connectivity index (χ0n) is 21.4. The highest BCUT2D eigenvalue weighted by molar-refractivity contribution is 9.09. The first-order valence-electron chi connectivity index (χ1n) is 13.2. The van der Waals surface area contributed by atoms with E-state index in [0.717, 1.165) is 11.8 Å². The zero-order valence-corrected chi connectivity index (χ0v) is 26.3. The number of thiophene rings is 3. The maximum atomic E-state index is 3.76. The van der Waals surface area contributed by atoms with Gasteiger partial charge in [-0.3, -0.25) is 0 Å². The van der Waals surface area contributed by atoms with E-state index >= 15 is 0 Å². The summed E-state index contributed by atoms with van der Waals surface area (Å²) < 4.78 is 7.17. The normalized spacial score (nSPS) is 15.5. The van der Waals surface area contributed by atoms with Crippen LogP contribution in [0, 0.1) is 11.8 Å². The fourth-order valence-corrected chi connectivity index (χ4v) is 9.98. The largest absolute Gasteiger partial charge is 0.309 e. The van der Waals surface area contributed by atoms with Crippen molar-refractivity contribution in [2.75, 3.05) is 9.44 Å². The molecule has 2 nitrogen and oxygen atoms in total. The van der Waals surface area contributed by atoms with Crippen LogP contribution in [0.2, 0.25) is 0 Å². The van der Waals surface area contributed by atoms with Crippen molar-refractivity contribution in [3.05, 3.63) is 34.0 Å². The summed E-state index contributed by atoms with van der Waals surface area (Å²) in [6.45, 7) is 9.27. The van der Waals surface area contributed by atoms with Gasteiger partial charge in [0, 0.05) is 14.6 Å². The summed E-state index contributed by atoms with van der Waals surface area (Å²) in [5.41, 5.74) is 5.62. The number of rotatable bonds is 14. The van der Waals surface area contributed by atoms with E-state index in [1.165, 1.54) is 99.8 Å². The van der Waals surface area contributed by atoms with Gasteiger partial charge in [-0.1, -0.05) is 69.3 Å². The standard InChI is InChI=1S/C28H39BrN2S4/c1-5-8-19(6-2)9-11-21-13-15-32-25(21)27-23-24(31-35-30-23)28(34-27)26-22(14-16-33-26)12-10-20(7-3)17-18(4)29/h13-16,18-20,30-31H,5-12,17H2,1-4H3. The molecule has 4 heterocycles. The van der Waals surface area contributed by atoms with Gasteiger partial charge in [-0.05, 0) is 78.0 Å². The lowest BCUT2D eigenvalue weighted by atomic mass is 9.93. The predicted octanol–water partition coefficient (Wildman–Crippen LogP) is 11.5. The van der Waals surface area contributed by atoms with Crippen LogP contribution in [0.5, 0.6) is 0 Å². The minimum atomic E-state index is 0.597. The number of halogens is 1. The molecule has 0 saturated heterocycles. The van der Waals surface area contributed by atoms with Gasteiger partial charge < -0.3 is 9.44 Å². The first-order valence-corrected chi connectivity index (χ1v) is 17.5. The quantitative estimate of drug-likeness (QED) is 0.140. The molecule has 0 saturated carbocycles. The van der Waals surface area contributed by atoms with Crippen molar-refractivity contribution < 1.29 is 0 Å². The Bertz CT molecular complexity index is 1070. The number of anilines is 2. The molecule has 2 N–H and O–H groups in total. The van der Waals surface area contributed by atoms with Crippen LogP contribution in [-0.4, -0.2) is 4.83 Å². The molecule has 0 radical (unpaired) electrons. The molecule has 0 aromatic carbocycles. The molecule has 1 aliphatic heterocycles. The van der Waals surface area contributed by atoms with Crippen molar-refractivity contribution in [1.82, 2.24) is 0 Å². The molecule has 3 aromatic heterocycles. The second-order valence-electron chi connectivity index (χ2n) is 9.80. The third kappa shape index (κ3) is 6.70. The highest BCUT2D eigenvalue weighted by atomic mass is 79.9. The van der Waals surface area contributed by atoms with Gasteiger partial charge in [0.05, 0.1) is 33.3 Å². The molecule has 3 atom stereocenters. The SMILES string of the molecule is CCCC(CC)CCc1ccsc1-c1sc(-c2sccc2CCC(CC)CC(C)Br)c2c1NSN2. The van der Waals surface area contributed by atoms with Crippen molar-refractivity contribution >= 4 is 73.4 Å². The van der Waals surface area contributed by atoms with Gasteiger partial charge in [0.25, 0.3) is 0 Å². The minimum absolute atomic E-state index is 0.597. The number of hydrogen-bond acceptors (Lipinski definition) is 6. The van der Waals surface area contributed by atoms with Crippen molar-refractivity contribution in [2.45, 2.75) is 90.3 Å². The number of hydrogen-bond donors (Lipinski definition) is 2. The van der Waals surface area contributed by atoms with E-state index in [0.29, 0.717) is 4.83 Å². The number of alkyl halides is 1. The Balaban J connectivity index is 1.57. The number of fused-ring (bicyclic) bond motifs is 1. The second kappa shape index (κ2) is 13.4. The van der Waals surface area contributed by atoms with Crippen LogP contribution >= 0.6 is 62.1 Å². The van der Waals surface area contributed by atoms with Crippen molar-refractivity contribution in [1.29, 1.82) is 0 Å². The van der Waals surface area contributed by atoms with E-state index in [2.05, 4.69) is 76.0 Å². The van der Waals surface area contributed by atoms with E-state index in [1.54, 1.807) is 12.1 Å². The first-order chi connectivity index (χ1) is 17.0. The lowest BCUT2D eigenvalue weighted by molar-refractivity contribution is 0.433. The predicted molar refractivity (Wildman–Crippen MR) is 168 cm³/mol. The van der Waals surface area contributed by atoms with Crippen molar-refractivity contribution in [3.8, 4) is 19.5 Å². The van der Waals surface area contributed by atoms with Crippen LogP contribution in [0.1, 0.15) is 83.8 Å². The molecule has 0 bridgehead atoms. The molecule has 0 amide bonds. The highest BCUT2D eigenvalue weighted by Gasteiger charge is 2.28. The van der Waals surface area contributed by atoms with Crippen LogP contribution in [0.4, 0.5) is 11.4 Å². The van der Waals surface area contributed by atoms with Crippen LogP contribution in [0.3, 0.4) is 0 Å². The van der Waals surface area contributed by atoms with E-state index < -0.39 is 0 Å². The smallest absolute Gasteiger partial charge is 0.0902 e. The molecular weight excluding hydrogens is 572 g/mol. The van der Waals surface area contributed by atoms with Gasteiger partial charge in [-0.2, -0.15) is 0 Å². The van der Waals surface area contributed by atoms with E-state index in [-0.39, 0.29) is 0 Å². The highest BCUT2D eigenvalue weighted by Crippen LogP contribution is 2.56. The Morgan fingerprint density at radius 1 is 0.771 bits per heavy atom. The van der Waals surface area contributed by atoms with E-state index in [9.17, 15) is 0 Å². The summed E-state index contributed by atoms with van der Waals surface area (Å²) in [6, 6.07) is 4.73. The summed E-state index contributed by atoms with van der Waals surface area (Å²) in [4.78, 5) is 6.36. The summed E-state index contributed by atoms with van der Waals surface area (Å²) >= 11 is 11.2. The molecule has 4 rings (SSSR count). The summed E-state index contributed by atoms with van der Waals surface area (Å²) in [5, 5.41) is 4.58. The maximum absolute atomic E-state index is 3.76. The number of nitrogens with one attached hydrogen (secondary N) is 2. The maximum Gasteiger partial charge on any atom is 0.0902 e. The molecule has 0 aliphatic carbocycles. The molecule has 7 heteroatoms. The van der Waals surface area contributed by atoms with Gasteiger partial charge in [-0.25, -0.2) is 0 Å². The fraction of sp³-hybridized carbons (Fsp3) is 0.571. The molecule has 0 fully saturated rings. The van der Waals surface area contributed by atoms with E-state index in [1.807, 2.05) is 34.0 Å². The van der Waals surface area contributed by atoms with Gasteiger partial charge in [0.2, 0.25) is 0 Å². The van der Waals surface area contributed by atoms with Gasteiger partial charge in [-0.15, -0.1) is 34.0 Å². The fourth-order valence-electron chi connectivity index (χ4n) is 5.16. The minimum Gasteiger partial charge on any atom is -0.309 e. The monoisotopic (exact) mass is 610 g/mol. The molecule has 35 heavy (non-hydrogen) atoms. The third-order valence-electron chi connectivity index (χ3n) is 7.27. The summed E-state index contributed by atoms with van der Waals surface area (Å²) in [6.07, 6.45) is 11.4. The molecule has 1 aliphatic rings. The number of aryl methyl sites for hydroxylation is 2. The zero-order chi connectivity index (χ0) is 24.8. The van der Waals surface area contributed by atoms with E-state index in [4.69, 9.17) is 0 Å². The van der Waals surface area contributed by atoms with Gasteiger partial charge >= 0.3 is 0 Å². The molecular formula is C28H39BrN2S4. The lowest BCUT2D eigenvalue weighted by Gasteiger charge is -2.16. The van der Waals surface area contributed by atoms with Crippen LogP contribution in [0.25, 0.3) is 19.5 Å². The van der Waals surface area contributed by atoms with Crippen LogP contribution in [0.15, 0.2) is 22.9 Å². The Kier molecular flexibility index (Phi) is 10.5. The lowest BCUT2D eigenvalue weighted by Crippen LogP contribution is -2.06. The summed E-state index contributed by atoms with van der Waals surface area (Å²) in [5.74, 6) is 1.63. The van der Waals surface area contributed by atoms with Gasteiger partial charge in [0.15, 0.2) is 0 Å². The summed E-state index contributed by atoms with van der Waals surface area (Å²) in [7, 11) is 0. The Morgan fingerprint density at radius 2 is 1.31 bits per heavy atom. The second-order valence-corrected chi connectivity index (χ2v) is 14.8. The average molecular weight is 612 g/mol. The van der Waals surface area contributed by atoms with Crippen LogP contribution in [-0.2, 0) is 12.8 Å². The Labute approximate surface area is 237 Å². The van der Waals surface area contributed by atoms with Crippen LogP contribution < -0.4 is 9.44 Å². The third-order valence-corrected chi connectivity index (χ3v) is 11.7. The molecule has 3 aromatic rings. The molecule has 0 spiro atoms. The van der Waals surface area contributed by atoms with Crippen molar-refractivity contribution in [2.24, 2.45) is 11.8 Å². The topological polar surface area (TPSA) is 24.1 Å². The Morgan fingerprint density at radius 3 is 1.80 bits per heavy atom.